The van der Waals surface area contributed by atoms with Crippen molar-refractivity contribution >= 4 is 17.8 Å². The van der Waals surface area contributed by atoms with Crippen molar-refractivity contribution in [2.75, 3.05) is 5.75 Å². The number of ether oxygens (including phenoxy) is 2. The number of hydrogen-bond acceptors (Lipinski definition) is 8. The Hall–Kier alpha value is -5.33. The maximum Gasteiger partial charge on any atom is 0.315 e. The number of tetrazole rings is 1. The van der Waals surface area contributed by atoms with Crippen molar-refractivity contribution in [3.8, 4) is 16.8 Å². The second kappa shape index (κ2) is 16.6. The summed E-state index contributed by atoms with van der Waals surface area (Å²) in [5, 5.41) is 28.6. The summed E-state index contributed by atoms with van der Waals surface area (Å²) in [5.41, 5.74) is 7.76. The lowest BCUT2D eigenvalue weighted by Crippen LogP contribution is -2.34. The van der Waals surface area contributed by atoms with E-state index >= 15 is 0 Å². The number of aliphatic hydroxyl groups excluding tert-OH is 1. The molecule has 0 aliphatic carbocycles. The molecule has 1 aliphatic rings. The minimum atomic E-state index is -0.601. The minimum Gasteiger partial charge on any atom is -0.392 e. The van der Waals surface area contributed by atoms with E-state index in [0.29, 0.717) is 30.4 Å². The van der Waals surface area contributed by atoms with Crippen LogP contribution in [0, 0.1) is 0 Å². The van der Waals surface area contributed by atoms with Gasteiger partial charge >= 0.3 is 6.03 Å². The molecule has 11 heteroatoms. The first-order valence-electron chi connectivity index (χ1n) is 16.8. The number of carbonyl (C=O) groups excluding carboxylic acids is 1. The number of urea groups is 1. The van der Waals surface area contributed by atoms with E-state index in [-0.39, 0.29) is 24.8 Å². The molecule has 2 heterocycles. The van der Waals surface area contributed by atoms with Crippen LogP contribution in [0.2, 0.25) is 0 Å². The highest BCUT2D eigenvalue weighted by Gasteiger charge is 2.32. The lowest BCUT2D eigenvalue weighted by atomic mass is 9.98. The van der Waals surface area contributed by atoms with Crippen LogP contribution >= 0.6 is 11.8 Å². The van der Waals surface area contributed by atoms with Gasteiger partial charge in [0.1, 0.15) is 0 Å². The van der Waals surface area contributed by atoms with Gasteiger partial charge in [0.05, 0.1) is 24.5 Å². The Morgan fingerprint density at radius 1 is 0.765 bits per heavy atom. The highest BCUT2D eigenvalue weighted by molar-refractivity contribution is 7.99. The van der Waals surface area contributed by atoms with Crippen LogP contribution in [0.25, 0.3) is 16.8 Å². The molecule has 1 aliphatic heterocycles. The maximum atomic E-state index is 12.6. The van der Waals surface area contributed by atoms with Gasteiger partial charge in [0, 0.05) is 30.8 Å². The van der Waals surface area contributed by atoms with Gasteiger partial charge in [-0.05, 0) is 55.9 Å². The molecule has 3 atom stereocenters. The Balaban J connectivity index is 1.05. The Morgan fingerprint density at radius 3 is 2.22 bits per heavy atom. The summed E-state index contributed by atoms with van der Waals surface area (Å²) >= 11 is 1.54. The predicted octanol–water partition coefficient (Wildman–Crippen LogP) is 7.16. The Kier molecular flexibility index (Phi) is 11.1. The molecule has 5 aromatic carbocycles. The summed E-state index contributed by atoms with van der Waals surface area (Å²) in [4.78, 5) is 12.6. The molecule has 7 rings (SSSR count). The number of aromatic nitrogens is 4. The van der Waals surface area contributed by atoms with Crippen LogP contribution in [0.3, 0.4) is 0 Å². The van der Waals surface area contributed by atoms with Gasteiger partial charge in [-0.15, -0.1) is 5.10 Å². The molecule has 51 heavy (non-hydrogen) atoms. The molecular formula is C40H38N6O4S. The molecular weight excluding hydrogens is 661 g/mol. The lowest BCUT2D eigenvalue weighted by molar-refractivity contribution is -0.245. The van der Waals surface area contributed by atoms with Crippen molar-refractivity contribution in [1.29, 1.82) is 0 Å². The molecule has 2 amide bonds. The molecule has 1 aromatic heterocycles. The molecule has 1 saturated heterocycles. The number of benzene rings is 5. The lowest BCUT2D eigenvalue weighted by Gasteiger charge is -2.36. The van der Waals surface area contributed by atoms with E-state index in [9.17, 15) is 9.90 Å². The third-order valence-corrected chi connectivity index (χ3v) is 9.75. The van der Waals surface area contributed by atoms with E-state index in [1.54, 1.807) is 16.4 Å². The first-order chi connectivity index (χ1) is 25.1. The van der Waals surface area contributed by atoms with E-state index in [0.717, 1.165) is 44.6 Å². The van der Waals surface area contributed by atoms with Crippen LogP contribution < -0.4 is 10.6 Å². The maximum absolute atomic E-state index is 12.6. The van der Waals surface area contributed by atoms with Crippen LogP contribution in [-0.4, -0.2) is 43.2 Å². The average Bonchev–Trinajstić information content (AvgIpc) is 3.68. The number of aliphatic hydroxyl groups is 1. The van der Waals surface area contributed by atoms with E-state index < -0.39 is 6.29 Å². The zero-order valence-electron chi connectivity index (χ0n) is 27.8. The summed E-state index contributed by atoms with van der Waals surface area (Å²) in [5.74, 6) is 0.621. The third kappa shape index (κ3) is 8.70. The summed E-state index contributed by atoms with van der Waals surface area (Å²) in [6.45, 7) is 0.832. The van der Waals surface area contributed by atoms with Crippen molar-refractivity contribution in [3.05, 3.63) is 161 Å². The Bertz CT molecular complexity index is 2010. The number of thioether (sulfide) groups is 1. The highest BCUT2D eigenvalue weighted by Crippen LogP contribution is 2.40. The second-order valence-electron chi connectivity index (χ2n) is 12.2. The van der Waals surface area contributed by atoms with Gasteiger partial charge in [-0.3, -0.25) is 0 Å². The monoisotopic (exact) mass is 698 g/mol. The normalized spacial score (nSPS) is 17.2. The van der Waals surface area contributed by atoms with Gasteiger partial charge in [0.25, 0.3) is 0 Å². The zero-order chi connectivity index (χ0) is 34.8. The van der Waals surface area contributed by atoms with Crippen LogP contribution in [0.1, 0.15) is 46.6 Å². The molecule has 1 fully saturated rings. The number of carbonyl (C=O) groups is 1. The fourth-order valence-electron chi connectivity index (χ4n) is 5.98. The van der Waals surface area contributed by atoms with Crippen molar-refractivity contribution in [3.63, 3.8) is 0 Å². The summed E-state index contributed by atoms with van der Waals surface area (Å²) in [6.07, 6.45) is -0.327. The fourth-order valence-corrected chi connectivity index (χ4v) is 6.89. The number of para-hydroxylation sites is 1. The largest absolute Gasteiger partial charge is 0.392 e. The molecule has 10 nitrogen and oxygen atoms in total. The van der Waals surface area contributed by atoms with Gasteiger partial charge in [-0.25, -0.2) is 4.79 Å². The number of nitrogens with zero attached hydrogens (tertiary/aromatic N) is 4. The molecule has 0 spiro atoms. The van der Waals surface area contributed by atoms with Gasteiger partial charge in [-0.1, -0.05) is 133 Å². The quantitative estimate of drug-likeness (QED) is 0.115. The van der Waals surface area contributed by atoms with Gasteiger partial charge in [-0.2, -0.15) is 4.68 Å². The number of amides is 2. The van der Waals surface area contributed by atoms with Gasteiger partial charge in [0.15, 0.2) is 6.29 Å². The zero-order valence-corrected chi connectivity index (χ0v) is 28.7. The van der Waals surface area contributed by atoms with Crippen molar-refractivity contribution in [1.82, 2.24) is 30.8 Å². The van der Waals surface area contributed by atoms with Crippen molar-refractivity contribution in [2.45, 2.75) is 49.8 Å². The Morgan fingerprint density at radius 2 is 1.45 bits per heavy atom. The molecule has 0 bridgehead atoms. The van der Waals surface area contributed by atoms with Gasteiger partial charge in [0.2, 0.25) is 5.16 Å². The van der Waals surface area contributed by atoms with Crippen LogP contribution in [-0.2, 0) is 29.2 Å². The smallest absolute Gasteiger partial charge is 0.315 e. The van der Waals surface area contributed by atoms with Crippen molar-refractivity contribution < 1.29 is 19.4 Å². The highest BCUT2D eigenvalue weighted by atomic mass is 32.2. The fraction of sp³-hybridized carbons (Fsp3) is 0.200. The minimum absolute atomic E-state index is 0.0140. The summed E-state index contributed by atoms with van der Waals surface area (Å²) < 4.78 is 14.9. The molecule has 0 radical (unpaired) electrons. The predicted molar refractivity (Wildman–Crippen MR) is 196 cm³/mol. The average molecular weight is 699 g/mol. The topological polar surface area (TPSA) is 123 Å². The number of rotatable bonds is 12. The first kappa shape index (κ1) is 34.1. The Labute approximate surface area is 300 Å². The van der Waals surface area contributed by atoms with E-state index in [2.05, 4.69) is 44.4 Å². The summed E-state index contributed by atoms with van der Waals surface area (Å²) in [6, 6.07) is 43.5. The summed E-state index contributed by atoms with van der Waals surface area (Å²) in [7, 11) is 0. The third-order valence-electron chi connectivity index (χ3n) is 8.70. The molecule has 6 aromatic rings. The van der Waals surface area contributed by atoms with Crippen LogP contribution in [0.5, 0.6) is 0 Å². The van der Waals surface area contributed by atoms with Gasteiger partial charge < -0.3 is 25.2 Å². The molecule has 0 unspecified atom stereocenters. The molecule has 258 valence electrons. The van der Waals surface area contributed by atoms with Crippen LogP contribution in [0.15, 0.2) is 139 Å². The number of hydrogen-bond donors (Lipinski definition) is 3. The van der Waals surface area contributed by atoms with Crippen LogP contribution in [0.4, 0.5) is 4.79 Å². The van der Waals surface area contributed by atoms with E-state index in [4.69, 9.17) is 9.47 Å². The number of nitrogens with one attached hydrogen (secondary N) is 2. The first-order valence-corrected chi connectivity index (χ1v) is 17.8. The van der Waals surface area contributed by atoms with Crippen molar-refractivity contribution in [2.24, 2.45) is 0 Å². The molecule has 0 saturated carbocycles. The molecule has 3 N–H and O–H groups in total. The standard InChI is InChI=1S/C40H38N6O4S/c47-26-29-15-17-31(18-16-29)37-23-35(27-51-40-43-44-45-46(40)34-12-5-2-6-13-34)49-38(50-37)32-21-19-30(20-22-32)36-14-8-7-11-33(36)25-42-39(48)41-24-28-9-3-1-4-10-28/h1-22,35,37-38,47H,23-27H2,(H2,41,42,48)/t35-,37+,38+/m1/s1. The second-order valence-corrected chi connectivity index (χ2v) is 13.2. The van der Waals surface area contributed by atoms with E-state index in [1.807, 2.05) is 115 Å². The van der Waals surface area contributed by atoms with E-state index in [1.165, 1.54) is 0 Å². The SMILES string of the molecule is O=C(NCc1ccccc1)NCc1ccccc1-c1ccc([C@H]2O[C@@H](CSc3nnnn3-c3ccccc3)C[C@@H](c3ccc(CO)cc3)O2)cc1.